The van der Waals surface area contributed by atoms with Gasteiger partial charge in [-0.1, -0.05) is 45.0 Å². The molecule has 3 rings (SSSR count). The Bertz CT molecular complexity index is 1140. The number of ketones is 1. The summed E-state index contributed by atoms with van der Waals surface area (Å²) in [6, 6.07) is 12.4. The standard InChI is InChI=1S/C30H39NO5/c1-8-35-24-15-14-21(18-23(24)30(5,6)7)27(32)25-26(22-13-10-9-12-20(22)4)31(29(34)28(25)33)16-11-17-36-19(2)3/h9-10,12-15,18-19,26,32H,8,11,16-17H2,1-7H3/b27-25+. The molecule has 0 radical (unpaired) electrons. The first-order valence-electron chi connectivity index (χ1n) is 12.7. The average Bonchev–Trinajstić information content (AvgIpc) is 3.06. The zero-order valence-electron chi connectivity index (χ0n) is 22.6. The first-order chi connectivity index (χ1) is 17.0. The number of benzene rings is 2. The van der Waals surface area contributed by atoms with Gasteiger partial charge in [0.25, 0.3) is 11.7 Å². The minimum atomic E-state index is -0.671. The van der Waals surface area contributed by atoms with Crippen LogP contribution in [0.5, 0.6) is 5.75 Å². The number of carbonyl (C=O) groups is 2. The topological polar surface area (TPSA) is 76.1 Å². The van der Waals surface area contributed by atoms with Crippen LogP contribution in [0.4, 0.5) is 0 Å². The summed E-state index contributed by atoms with van der Waals surface area (Å²) in [5.74, 6) is -0.702. The summed E-state index contributed by atoms with van der Waals surface area (Å²) in [7, 11) is 0. The van der Waals surface area contributed by atoms with Gasteiger partial charge in [0, 0.05) is 24.3 Å². The number of aliphatic hydroxyl groups is 1. The van der Waals surface area contributed by atoms with Crippen molar-refractivity contribution in [1.29, 1.82) is 0 Å². The van der Waals surface area contributed by atoms with Gasteiger partial charge in [0.2, 0.25) is 0 Å². The van der Waals surface area contributed by atoms with Gasteiger partial charge in [-0.25, -0.2) is 0 Å². The molecule has 1 aliphatic rings. The molecule has 1 N–H and O–H groups in total. The summed E-state index contributed by atoms with van der Waals surface area (Å²) in [4.78, 5) is 28.1. The van der Waals surface area contributed by atoms with Crippen LogP contribution in [0.1, 0.15) is 76.3 Å². The summed E-state index contributed by atoms with van der Waals surface area (Å²) in [6.45, 7) is 15.4. The van der Waals surface area contributed by atoms with Gasteiger partial charge < -0.3 is 19.5 Å². The van der Waals surface area contributed by atoms with Crippen LogP contribution in [-0.4, -0.2) is 47.6 Å². The molecule has 0 spiro atoms. The van der Waals surface area contributed by atoms with Gasteiger partial charge >= 0.3 is 0 Å². The van der Waals surface area contributed by atoms with Gasteiger partial charge in [-0.3, -0.25) is 9.59 Å². The number of aryl methyl sites for hydroxylation is 1. The maximum absolute atomic E-state index is 13.4. The zero-order valence-corrected chi connectivity index (χ0v) is 22.6. The van der Waals surface area contributed by atoms with Crippen molar-refractivity contribution in [2.45, 2.75) is 72.4 Å². The molecule has 1 heterocycles. The third-order valence-corrected chi connectivity index (χ3v) is 6.38. The number of rotatable bonds is 9. The number of amides is 1. The van der Waals surface area contributed by atoms with Crippen LogP contribution < -0.4 is 4.74 Å². The normalized spacial score (nSPS) is 17.8. The maximum atomic E-state index is 13.4. The molecule has 0 aromatic heterocycles. The molecule has 1 aliphatic heterocycles. The number of nitrogens with zero attached hydrogens (tertiary/aromatic N) is 1. The number of hydrogen-bond acceptors (Lipinski definition) is 5. The highest BCUT2D eigenvalue weighted by Crippen LogP contribution is 2.42. The third kappa shape index (κ3) is 5.81. The second kappa shape index (κ2) is 11.3. The summed E-state index contributed by atoms with van der Waals surface area (Å²) in [5.41, 5.74) is 3.04. The lowest BCUT2D eigenvalue weighted by molar-refractivity contribution is -0.140. The van der Waals surface area contributed by atoms with E-state index in [1.165, 1.54) is 0 Å². The number of hydrogen-bond donors (Lipinski definition) is 1. The van der Waals surface area contributed by atoms with Gasteiger partial charge in [0.15, 0.2) is 0 Å². The lowest BCUT2D eigenvalue weighted by Gasteiger charge is -2.27. The smallest absolute Gasteiger partial charge is 0.295 e. The van der Waals surface area contributed by atoms with Crippen LogP contribution >= 0.6 is 0 Å². The summed E-state index contributed by atoms with van der Waals surface area (Å²) < 4.78 is 11.5. The Balaban J connectivity index is 2.13. The minimum Gasteiger partial charge on any atom is -0.507 e. The maximum Gasteiger partial charge on any atom is 0.295 e. The van der Waals surface area contributed by atoms with E-state index >= 15 is 0 Å². The van der Waals surface area contributed by atoms with Crippen LogP contribution in [0, 0.1) is 6.92 Å². The molecule has 6 nitrogen and oxygen atoms in total. The molecule has 2 aromatic carbocycles. The molecule has 1 amide bonds. The Morgan fingerprint density at radius 3 is 2.42 bits per heavy atom. The Hall–Kier alpha value is -3.12. The van der Waals surface area contributed by atoms with E-state index < -0.39 is 17.7 Å². The van der Waals surface area contributed by atoms with Crippen molar-refractivity contribution in [1.82, 2.24) is 4.90 Å². The van der Waals surface area contributed by atoms with E-state index in [-0.39, 0.29) is 22.9 Å². The Morgan fingerprint density at radius 2 is 1.81 bits per heavy atom. The van der Waals surface area contributed by atoms with Crippen molar-refractivity contribution in [3.63, 3.8) is 0 Å². The fourth-order valence-electron chi connectivity index (χ4n) is 4.58. The molecule has 2 aromatic rings. The highest BCUT2D eigenvalue weighted by Gasteiger charge is 2.46. The molecule has 1 atom stereocenters. The van der Waals surface area contributed by atoms with Crippen LogP contribution in [0.3, 0.4) is 0 Å². The fourth-order valence-corrected chi connectivity index (χ4v) is 4.58. The van der Waals surface area contributed by atoms with E-state index in [0.717, 1.165) is 22.4 Å². The zero-order chi connectivity index (χ0) is 26.6. The highest BCUT2D eigenvalue weighted by molar-refractivity contribution is 6.46. The predicted molar refractivity (Wildman–Crippen MR) is 142 cm³/mol. The van der Waals surface area contributed by atoms with Crippen molar-refractivity contribution in [2.75, 3.05) is 19.8 Å². The number of ether oxygens (including phenoxy) is 2. The lowest BCUT2D eigenvalue weighted by Crippen LogP contribution is -2.31. The summed E-state index contributed by atoms with van der Waals surface area (Å²) in [6.07, 6.45) is 0.675. The van der Waals surface area contributed by atoms with Crippen molar-refractivity contribution < 1.29 is 24.2 Å². The minimum absolute atomic E-state index is 0.0873. The van der Waals surface area contributed by atoms with E-state index in [1.54, 1.807) is 11.0 Å². The molecular weight excluding hydrogens is 454 g/mol. The van der Waals surface area contributed by atoms with Crippen molar-refractivity contribution >= 4 is 17.4 Å². The van der Waals surface area contributed by atoms with Crippen molar-refractivity contribution in [3.8, 4) is 5.75 Å². The first kappa shape index (κ1) is 27.5. The monoisotopic (exact) mass is 493 g/mol. The summed E-state index contributed by atoms with van der Waals surface area (Å²) >= 11 is 0. The number of aliphatic hydroxyl groups excluding tert-OH is 1. The largest absolute Gasteiger partial charge is 0.507 e. The van der Waals surface area contributed by atoms with Crippen LogP contribution in [-0.2, 0) is 19.7 Å². The van der Waals surface area contributed by atoms with Crippen molar-refractivity contribution in [3.05, 3.63) is 70.3 Å². The second-order valence-corrected chi connectivity index (χ2v) is 10.5. The third-order valence-electron chi connectivity index (χ3n) is 6.38. The van der Waals surface area contributed by atoms with Crippen LogP contribution in [0.2, 0.25) is 0 Å². The Labute approximate surface area is 214 Å². The van der Waals surface area contributed by atoms with Crippen LogP contribution in [0.15, 0.2) is 48.0 Å². The Morgan fingerprint density at radius 1 is 1.11 bits per heavy atom. The molecule has 0 saturated carbocycles. The predicted octanol–water partition coefficient (Wildman–Crippen LogP) is 5.93. The molecule has 36 heavy (non-hydrogen) atoms. The molecule has 0 bridgehead atoms. The lowest BCUT2D eigenvalue weighted by atomic mass is 9.84. The van der Waals surface area contributed by atoms with E-state index in [2.05, 4.69) is 20.8 Å². The van der Waals surface area contributed by atoms with E-state index in [0.29, 0.717) is 31.7 Å². The number of likely N-dealkylation sites (tertiary alicyclic amines) is 1. The second-order valence-electron chi connectivity index (χ2n) is 10.5. The number of carbonyl (C=O) groups excluding carboxylic acids is 2. The van der Waals surface area contributed by atoms with Crippen molar-refractivity contribution in [2.24, 2.45) is 0 Å². The van der Waals surface area contributed by atoms with Gasteiger partial charge in [-0.05, 0) is 68.9 Å². The highest BCUT2D eigenvalue weighted by atomic mass is 16.5. The molecule has 1 unspecified atom stereocenters. The SMILES string of the molecule is CCOc1ccc(/C(O)=C2\C(=O)C(=O)N(CCCOC(C)C)C2c2ccccc2C)cc1C(C)(C)C. The van der Waals surface area contributed by atoms with Gasteiger partial charge in [0.05, 0.1) is 24.3 Å². The molecule has 6 heteroatoms. The molecule has 1 fully saturated rings. The molecule has 1 saturated heterocycles. The van der Waals surface area contributed by atoms with E-state index in [9.17, 15) is 14.7 Å². The first-order valence-corrected chi connectivity index (χ1v) is 12.7. The molecule has 194 valence electrons. The Kier molecular flexibility index (Phi) is 8.62. The summed E-state index contributed by atoms with van der Waals surface area (Å²) in [5, 5.41) is 11.5. The average molecular weight is 494 g/mol. The van der Waals surface area contributed by atoms with Gasteiger partial charge in [0.1, 0.15) is 11.5 Å². The fraction of sp³-hybridized carbons (Fsp3) is 0.467. The van der Waals surface area contributed by atoms with Crippen LogP contribution in [0.25, 0.3) is 5.76 Å². The number of Topliss-reactive ketones (excluding diaryl/α,β-unsaturated/α-hetero) is 1. The van der Waals surface area contributed by atoms with E-state index in [1.807, 2.05) is 64.1 Å². The molecular formula is C30H39NO5. The van der Waals surface area contributed by atoms with E-state index in [4.69, 9.17) is 9.47 Å². The van der Waals surface area contributed by atoms with Gasteiger partial charge in [-0.2, -0.15) is 0 Å². The van der Waals surface area contributed by atoms with Gasteiger partial charge in [-0.15, -0.1) is 0 Å². The quantitative estimate of drug-likeness (QED) is 0.203. The molecule has 0 aliphatic carbocycles.